The van der Waals surface area contributed by atoms with Gasteiger partial charge in [0.1, 0.15) is 11.5 Å². The van der Waals surface area contributed by atoms with E-state index in [0.29, 0.717) is 12.4 Å². The van der Waals surface area contributed by atoms with Gasteiger partial charge in [-0.25, -0.2) is 0 Å². The number of nitrogens with zero attached hydrogens (tertiary/aromatic N) is 1. The Balaban J connectivity index is 2.20. The molecule has 1 unspecified atom stereocenters. The Labute approximate surface area is 124 Å². The number of pyridine rings is 1. The Bertz CT molecular complexity index is 631. The van der Waals surface area contributed by atoms with Crippen molar-refractivity contribution in [3.8, 4) is 17.2 Å². The number of aromatic nitrogens is 1. The maximum atomic E-state index is 12.1. The molecule has 0 radical (unpaired) electrons. The molecule has 1 aromatic carbocycles. The molecule has 0 saturated heterocycles. The Kier molecular flexibility index (Phi) is 5.04. The molecule has 0 bridgehead atoms. The van der Waals surface area contributed by atoms with Crippen molar-refractivity contribution >= 4 is 0 Å². The fraction of sp³-hybridized carbons (Fsp3) is 0.353. The summed E-state index contributed by atoms with van der Waals surface area (Å²) in [6, 6.07) is 10.8. The third-order valence-corrected chi connectivity index (χ3v) is 3.23. The van der Waals surface area contributed by atoms with Crippen molar-refractivity contribution in [2.24, 2.45) is 0 Å². The first kappa shape index (κ1) is 15.2. The van der Waals surface area contributed by atoms with E-state index in [9.17, 15) is 4.79 Å². The summed E-state index contributed by atoms with van der Waals surface area (Å²) in [5.41, 5.74) is 0.691. The number of rotatable bonds is 6. The van der Waals surface area contributed by atoms with Crippen LogP contribution < -0.4 is 15.0 Å². The number of ether oxygens (including phenoxy) is 2. The van der Waals surface area contributed by atoms with Crippen LogP contribution in [0.2, 0.25) is 0 Å². The minimum atomic E-state index is -0.114. The van der Waals surface area contributed by atoms with Crippen molar-refractivity contribution in [3.63, 3.8) is 0 Å². The van der Waals surface area contributed by atoms with E-state index in [0.717, 1.165) is 17.9 Å². The van der Waals surface area contributed by atoms with Crippen molar-refractivity contribution in [1.29, 1.82) is 0 Å². The highest BCUT2D eigenvalue weighted by molar-refractivity contribution is 5.38. The second kappa shape index (κ2) is 6.97. The molecule has 2 rings (SSSR count). The molecule has 0 fully saturated rings. The van der Waals surface area contributed by atoms with Gasteiger partial charge in [0.15, 0.2) is 0 Å². The van der Waals surface area contributed by atoms with Crippen LogP contribution in [0.25, 0.3) is 5.69 Å². The lowest BCUT2D eigenvalue weighted by atomic mass is 10.2. The van der Waals surface area contributed by atoms with Crippen LogP contribution in [0.3, 0.4) is 0 Å². The van der Waals surface area contributed by atoms with Gasteiger partial charge in [0.05, 0.1) is 12.7 Å². The van der Waals surface area contributed by atoms with E-state index >= 15 is 0 Å². The SMILES string of the molecule is CCOc1ccn(-c2ccc(OC(C)CC)cc2)c(=O)c1. The van der Waals surface area contributed by atoms with Crippen LogP contribution in [0.5, 0.6) is 11.5 Å². The molecule has 0 aliphatic carbocycles. The molecule has 0 aliphatic heterocycles. The van der Waals surface area contributed by atoms with Crippen molar-refractivity contribution < 1.29 is 9.47 Å². The second-order valence-electron chi connectivity index (χ2n) is 4.83. The summed E-state index contributed by atoms with van der Waals surface area (Å²) in [4.78, 5) is 12.1. The Morgan fingerprint density at radius 1 is 1.10 bits per heavy atom. The zero-order chi connectivity index (χ0) is 15.2. The summed E-state index contributed by atoms with van der Waals surface area (Å²) in [7, 11) is 0. The van der Waals surface area contributed by atoms with Gasteiger partial charge < -0.3 is 9.47 Å². The highest BCUT2D eigenvalue weighted by Crippen LogP contribution is 2.17. The quantitative estimate of drug-likeness (QED) is 0.817. The molecule has 2 aromatic rings. The fourth-order valence-electron chi connectivity index (χ4n) is 1.93. The lowest BCUT2D eigenvalue weighted by molar-refractivity contribution is 0.217. The number of hydrogen-bond acceptors (Lipinski definition) is 3. The smallest absolute Gasteiger partial charge is 0.258 e. The lowest BCUT2D eigenvalue weighted by Gasteiger charge is -2.13. The van der Waals surface area contributed by atoms with Crippen LogP contribution in [-0.4, -0.2) is 17.3 Å². The molecular weight excluding hydrogens is 266 g/mol. The normalized spacial score (nSPS) is 12.0. The minimum absolute atomic E-state index is 0.114. The van der Waals surface area contributed by atoms with Crippen molar-refractivity contribution in [3.05, 3.63) is 52.9 Å². The van der Waals surface area contributed by atoms with Crippen LogP contribution in [0.15, 0.2) is 47.4 Å². The highest BCUT2D eigenvalue weighted by Gasteiger charge is 2.04. The van der Waals surface area contributed by atoms with Gasteiger partial charge in [0.25, 0.3) is 5.56 Å². The summed E-state index contributed by atoms with van der Waals surface area (Å²) in [6.45, 7) is 6.55. The van der Waals surface area contributed by atoms with Crippen molar-refractivity contribution in [1.82, 2.24) is 4.57 Å². The third-order valence-electron chi connectivity index (χ3n) is 3.23. The topological polar surface area (TPSA) is 40.5 Å². The van der Waals surface area contributed by atoms with Crippen molar-refractivity contribution in [2.75, 3.05) is 6.61 Å². The standard InChI is InChI=1S/C17H21NO3/c1-4-13(3)21-15-8-6-14(7-9-15)18-11-10-16(20-5-2)12-17(18)19/h6-13H,4-5H2,1-3H3. The van der Waals surface area contributed by atoms with E-state index in [-0.39, 0.29) is 11.7 Å². The van der Waals surface area contributed by atoms with Crippen LogP contribution in [0.1, 0.15) is 27.2 Å². The monoisotopic (exact) mass is 287 g/mol. The molecule has 21 heavy (non-hydrogen) atoms. The molecule has 1 atom stereocenters. The molecule has 0 saturated carbocycles. The summed E-state index contributed by atoms with van der Waals surface area (Å²) in [5.74, 6) is 1.41. The van der Waals surface area contributed by atoms with E-state index < -0.39 is 0 Å². The molecule has 0 aliphatic rings. The molecule has 1 heterocycles. The van der Waals surface area contributed by atoms with E-state index in [1.165, 1.54) is 6.07 Å². The van der Waals surface area contributed by atoms with Crippen LogP contribution in [0, 0.1) is 0 Å². The predicted molar refractivity (Wildman–Crippen MR) is 83.6 cm³/mol. The van der Waals surface area contributed by atoms with Crippen molar-refractivity contribution in [2.45, 2.75) is 33.3 Å². The molecule has 1 aromatic heterocycles. The second-order valence-corrected chi connectivity index (χ2v) is 4.83. The maximum absolute atomic E-state index is 12.1. The molecule has 0 N–H and O–H groups in total. The predicted octanol–water partition coefficient (Wildman–Crippen LogP) is 3.41. The van der Waals surface area contributed by atoms with E-state index in [4.69, 9.17) is 9.47 Å². The van der Waals surface area contributed by atoms with E-state index in [1.54, 1.807) is 16.8 Å². The van der Waals surface area contributed by atoms with E-state index in [1.807, 2.05) is 38.1 Å². The lowest BCUT2D eigenvalue weighted by Crippen LogP contribution is -2.16. The Morgan fingerprint density at radius 2 is 1.81 bits per heavy atom. The van der Waals surface area contributed by atoms with Crippen LogP contribution in [0.4, 0.5) is 0 Å². The average Bonchev–Trinajstić information content (AvgIpc) is 2.49. The van der Waals surface area contributed by atoms with Gasteiger partial charge in [-0.3, -0.25) is 9.36 Å². The zero-order valence-corrected chi connectivity index (χ0v) is 12.7. The van der Waals surface area contributed by atoms with Gasteiger partial charge in [0, 0.05) is 18.0 Å². The van der Waals surface area contributed by atoms with Crippen LogP contribution >= 0.6 is 0 Å². The first-order chi connectivity index (χ1) is 10.1. The van der Waals surface area contributed by atoms with Gasteiger partial charge in [-0.15, -0.1) is 0 Å². The van der Waals surface area contributed by atoms with Gasteiger partial charge in [-0.2, -0.15) is 0 Å². The van der Waals surface area contributed by atoms with Gasteiger partial charge in [-0.1, -0.05) is 6.92 Å². The molecule has 4 heteroatoms. The molecule has 0 spiro atoms. The minimum Gasteiger partial charge on any atom is -0.494 e. The Morgan fingerprint density at radius 3 is 2.38 bits per heavy atom. The Hall–Kier alpha value is -2.23. The number of hydrogen-bond donors (Lipinski definition) is 0. The summed E-state index contributed by atoms with van der Waals surface area (Å²) < 4.78 is 12.6. The molecular formula is C17H21NO3. The van der Waals surface area contributed by atoms with Gasteiger partial charge in [0.2, 0.25) is 0 Å². The first-order valence-corrected chi connectivity index (χ1v) is 7.26. The summed E-state index contributed by atoms with van der Waals surface area (Å²) in [5, 5.41) is 0. The third kappa shape index (κ3) is 3.88. The summed E-state index contributed by atoms with van der Waals surface area (Å²) in [6.07, 6.45) is 2.86. The number of benzene rings is 1. The highest BCUT2D eigenvalue weighted by atomic mass is 16.5. The fourth-order valence-corrected chi connectivity index (χ4v) is 1.93. The van der Waals surface area contributed by atoms with E-state index in [2.05, 4.69) is 6.92 Å². The summed E-state index contributed by atoms with van der Waals surface area (Å²) >= 11 is 0. The first-order valence-electron chi connectivity index (χ1n) is 7.26. The zero-order valence-electron chi connectivity index (χ0n) is 12.7. The molecule has 4 nitrogen and oxygen atoms in total. The molecule has 112 valence electrons. The van der Waals surface area contributed by atoms with Gasteiger partial charge >= 0.3 is 0 Å². The largest absolute Gasteiger partial charge is 0.494 e. The maximum Gasteiger partial charge on any atom is 0.258 e. The molecule has 0 amide bonds. The van der Waals surface area contributed by atoms with Crippen LogP contribution in [-0.2, 0) is 0 Å². The van der Waals surface area contributed by atoms with Gasteiger partial charge in [-0.05, 0) is 50.6 Å². The average molecular weight is 287 g/mol.